The highest BCUT2D eigenvalue weighted by atomic mass is 16.3. The van der Waals surface area contributed by atoms with E-state index in [9.17, 15) is 5.11 Å². The monoisotopic (exact) mass is 230 g/mol. The number of benzene rings is 1. The second-order valence-electron chi connectivity index (χ2n) is 3.47. The van der Waals surface area contributed by atoms with Gasteiger partial charge in [0.1, 0.15) is 11.6 Å². The number of nitrogens with zero attached hydrogens (tertiary/aromatic N) is 2. The van der Waals surface area contributed by atoms with Crippen LogP contribution in [-0.2, 0) is 0 Å². The van der Waals surface area contributed by atoms with Gasteiger partial charge < -0.3 is 15.7 Å². The van der Waals surface area contributed by atoms with Gasteiger partial charge in [0.25, 0.3) is 0 Å². The molecule has 1 heterocycles. The Hall–Kier alpha value is -2.30. The molecule has 2 aromatic rings. The van der Waals surface area contributed by atoms with Crippen molar-refractivity contribution in [1.82, 2.24) is 9.97 Å². The first-order valence-corrected chi connectivity index (χ1v) is 5.41. The number of phenols is 1. The van der Waals surface area contributed by atoms with Crippen molar-refractivity contribution in [2.45, 2.75) is 6.92 Å². The number of nitrogens with one attached hydrogen (secondary N) is 2. The van der Waals surface area contributed by atoms with E-state index in [2.05, 4.69) is 20.6 Å². The topological polar surface area (TPSA) is 70.1 Å². The van der Waals surface area contributed by atoms with Gasteiger partial charge in [0.2, 0.25) is 5.95 Å². The van der Waals surface area contributed by atoms with Crippen molar-refractivity contribution in [2.75, 3.05) is 17.2 Å². The van der Waals surface area contributed by atoms with Crippen LogP contribution in [0.5, 0.6) is 5.75 Å². The molecular formula is C12H14N4O. The molecule has 0 atom stereocenters. The van der Waals surface area contributed by atoms with E-state index in [0.717, 1.165) is 12.2 Å². The van der Waals surface area contributed by atoms with Gasteiger partial charge in [-0.05, 0) is 37.3 Å². The lowest BCUT2D eigenvalue weighted by Crippen LogP contribution is -2.03. The van der Waals surface area contributed by atoms with Crippen molar-refractivity contribution < 1.29 is 5.11 Å². The summed E-state index contributed by atoms with van der Waals surface area (Å²) in [4.78, 5) is 8.37. The second kappa shape index (κ2) is 5.16. The molecule has 1 aromatic carbocycles. The van der Waals surface area contributed by atoms with Crippen LogP contribution >= 0.6 is 0 Å². The van der Waals surface area contributed by atoms with Crippen molar-refractivity contribution in [2.24, 2.45) is 0 Å². The summed E-state index contributed by atoms with van der Waals surface area (Å²) in [5.74, 6) is 1.55. The molecule has 0 saturated carbocycles. The molecule has 0 unspecified atom stereocenters. The number of phenolic OH excluding ortho intramolecular Hbond substituents is 1. The van der Waals surface area contributed by atoms with Gasteiger partial charge in [0.15, 0.2) is 0 Å². The molecule has 0 aliphatic rings. The third-order valence-corrected chi connectivity index (χ3v) is 2.13. The fraction of sp³-hybridized carbons (Fsp3) is 0.167. The van der Waals surface area contributed by atoms with E-state index in [1.165, 1.54) is 0 Å². The molecule has 0 spiro atoms. The zero-order valence-electron chi connectivity index (χ0n) is 9.51. The Morgan fingerprint density at radius 2 is 1.94 bits per heavy atom. The molecular weight excluding hydrogens is 216 g/mol. The van der Waals surface area contributed by atoms with Crippen LogP contribution < -0.4 is 10.6 Å². The molecule has 0 radical (unpaired) electrons. The smallest absolute Gasteiger partial charge is 0.224 e. The number of rotatable bonds is 4. The molecule has 0 bridgehead atoms. The van der Waals surface area contributed by atoms with Gasteiger partial charge in [-0.1, -0.05) is 0 Å². The summed E-state index contributed by atoms with van der Waals surface area (Å²) in [6.07, 6.45) is 1.69. The average Bonchev–Trinajstić information content (AvgIpc) is 2.33. The minimum absolute atomic E-state index is 0.242. The maximum absolute atomic E-state index is 9.17. The minimum Gasteiger partial charge on any atom is -0.508 e. The van der Waals surface area contributed by atoms with Gasteiger partial charge in [-0.3, -0.25) is 0 Å². The Bertz CT molecular complexity index is 484. The fourth-order valence-electron chi connectivity index (χ4n) is 1.36. The van der Waals surface area contributed by atoms with Crippen LogP contribution in [0.25, 0.3) is 0 Å². The highest BCUT2D eigenvalue weighted by Gasteiger charge is 1.98. The lowest BCUT2D eigenvalue weighted by Gasteiger charge is -2.07. The van der Waals surface area contributed by atoms with E-state index in [4.69, 9.17) is 0 Å². The number of aromatic hydroxyl groups is 1. The number of hydrogen-bond donors (Lipinski definition) is 3. The molecule has 0 saturated heterocycles. The Kier molecular flexibility index (Phi) is 3.40. The minimum atomic E-state index is 0.242. The summed E-state index contributed by atoms with van der Waals surface area (Å²) >= 11 is 0. The summed E-state index contributed by atoms with van der Waals surface area (Å²) < 4.78 is 0. The highest BCUT2D eigenvalue weighted by molar-refractivity contribution is 5.57. The lowest BCUT2D eigenvalue weighted by molar-refractivity contribution is 0.475. The van der Waals surface area contributed by atoms with E-state index in [-0.39, 0.29) is 5.75 Å². The summed E-state index contributed by atoms with van der Waals surface area (Å²) in [6.45, 7) is 2.77. The van der Waals surface area contributed by atoms with Gasteiger partial charge >= 0.3 is 0 Å². The zero-order valence-corrected chi connectivity index (χ0v) is 9.51. The second-order valence-corrected chi connectivity index (χ2v) is 3.47. The fourth-order valence-corrected chi connectivity index (χ4v) is 1.36. The van der Waals surface area contributed by atoms with E-state index < -0.39 is 0 Å². The maximum atomic E-state index is 9.17. The summed E-state index contributed by atoms with van der Waals surface area (Å²) in [5.41, 5.74) is 0.865. The molecule has 5 nitrogen and oxygen atoms in total. The van der Waals surface area contributed by atoms with E-state index in [1.807, 2.05) is 6.92 Å². The Labute approximate surface area is 99.6 Å². The Morgan fingerprint density at radius 3 is 2.65 bits per heavy atom. The highest BCUT2D eigenvalue weighted by Crippen LogP contribution is 2.18. The van der Waals surface area contributed by atoms with Gasteiger partial charge in [0, 0.05) is 18.4 Å². The summed E-state index contributed by atoms with van der Waals surface area (Å²) in [6, 6.07) is 8.59. The summed E-state index contributed by atoms with van der Waals surface area (Å²) in [7, 11) is 0. The van der Waals surface area contributed by atoms with Crippen molar-refractivity contribution in [1.29, 1.82) is 0 Å². The van der Waals surface area contributed by atoms with Gasteiger partial charge in [-0.25, -0.2) is 4.98 Å². The molecule has 0 aliphatic carbocycles. The Balaban J connectivity index is 2.12. The van der Waals surface area contributed by atoms with E-state index in [1.54, 1.807) is 36.5 Å². The van der Waals surface area contributed by atoms with Crippen LogP contribution in [0.4, 0.5) is 17.5 Å². The van der Waals surface area contributed by atoms with Crippen molar-refractivity contribution in [3.8, 4) is 5.75 Å². The molecule has 2 rings (SSSR count). The molecule has 17 heavy (non-hydrogen) atoms. The van der Waals surface area contributed by atoms with Crippen LogP contribution in [-0.4, -0.2) is 21.6 Å². The van der Waals surface area contributed by atoms with E-state index in [0.29, 0.717) is 11.8 Å². The van der Waals surface area contributed by atoms with Crippen LogP contribution in [0.2, 0.25) is 0 Å². The van der Waals surface area contributed by atoms with Crippen LogP contribution in [0.1, 0.15) is 6.92 Å². The quantitative estimate of drug-likeness (QED) is 0.703. The molecule has 88 valence electrons. The van der Waals surface area contributed by atoms with Gasteiger partial charge in [-0.2, -0.15) is 4.98 Å². The van der Waals surface area contributed by atoms with Crippen molar-refractivity contribution in [3.05, 3.63) is 36.5 Å². The number of anilines is 3. The Morgan fingerprint density at radius 1 is 1.18 bits per heavy atom. The normalized spacial score (nSPS) is 9.94. The predicted molar refractivity (Wildman–Crippen MR) is 67.6 cm³/mol. The largest absolute Gasteiger partial charge is 0.508 e. The standard InChI is InChI=1S/C12H14N4O/c1-2-13-12-14-8-7-11(16-12)15-9-3-5-10(17)6-4-9/h3-8,17H,2H2,1H3,(H2,13,14,15,16). The van der Waals surface area contributed by atoms with Crippen LogP contribution in [0, 0.1) is 0 Å². The first-order valence-electron chi connectivity index (χ1n) is 5.41. The average molecular weight is 230 g/mol. The first kappa shape index (κ1) is 11.2. The third-order valence-electron chi connectivity index (χ3n) is 2.13. The predicted octanol–water partition coefficient (Wildman–Crippen LogP) is 2.36. The summed E-state index contributed by atoms with van der Waals surface area (Å²) in [5, 5.41) is 15.3. The molecule has 3 N–H and O–H groups in total. The van der Waals surface area contributed by atoms with Gasteiger partial charge in [0.05, 0.1) is 0 Å². The van der Waals surface area contributed by atoms with Gasteiger partial charge in [-0.15, -0.1) is 0 Å². The number of hydrogen-bond acceptors (Lipinski definition) is 5. The van der Waals surface area contributed by atoms with Crippen LogP contribution in [0.15, 0.2) is 36.5 Å². The molecule has 0 aliphatic heterocycles. The first-order chi connectivity index (χ1) is 8.28. The van der Waals surface area contributed by atoms with E-state index >= 15 is 0 Å². The lowest BCUT2D eigenvalue weighted by atomic mass is 10.3. The molecule has 5 heteroatoms. The van der Waals surface area contributed by atoms with Crippen molar-refractivity contribution in [3.63, 3.8) is 0 Å². The molecule has 0 fully saturated rings. The zero-order chi connectivity index (χ0) is 12.1. The molecule has 0 amide bonds. The third kappa shape index (κ3) is 3.07. The van der Waals surface area contributed by atoms with Crippen LogP contribution in [0.3, 0.4) is 0 Å². The molecule has 1 aromatic heterocycles. The van der Waals surface area contributed by atoms with Crippen molar-refractivity contribution >= 4 is 17.5 Å². The maximum Gasteiger partial charge on any atom is 0.224 e. The SMILES string of the molecule is CCNc1nccc(Nc2ccc(O)cc2)n1. The number of aromatic nitrogens is 2.